The molecule has 1 aliphatic heterocycles. The highest BCUT2D eigenvalue weighted by atomic mass is 127. The van der Waals surface area contributed by atoms with Crippen LogP contribution >= 0.6 is 22.6 Å². The number of para-hydroxylation sites is 2. The molecule has 1 N–H and O–H groups in total. The molecule has 1 amide bonds. The standard InChI is InChI=1S/C27H29IN4O2/c1-20(22-11-13-24(28)14-12-22)29-30-27(33)23-9-7-21(8-10-23)19-31-15-17-32(18-16-31)25-5-3-4-6-26(25)34-2/h3-14H,15-19H2,1-2H3,(H,30,33)/b29-20-. The van der Waals surface area contributed by atoms with Crippen molar-refractivity contribution in [3.05, 3.63) is 93.1 Å². The number of methoxy groups -OCH3 is 1. The monoisotopic (exact) mass is 568 g/mol. The number of benzene rings is 3. The van der Waals surface area contributed by atoms with Gasteiger partial charge in [0, 0.05) is 41.9 Å². The average Bonchev–Trinajstić information content (AvgIpc) is 2.88. The van der Waals surface area contributed by atoms with Crippen LogP contribution in [-0.2, 0) is 6.54 Å². The third-order valence-electron chi connectivity index (χ3n) is 6.01. The number of amides is 1. The molecule has 3 aromatic carbocycles. The number of anilines is 1. The van der Waals surface area contributed by atoms with Crippen LogP contribution in [0.25, 0.3) is 0 Å². The number of rotatable bonds is 7. The molecule has 3 aromatic rings. The number of nitrogens with one attached hydrogen (secondary N) is 1. The number of carbonyl (C=O) groups excluding carboxylic acids is 1. The molecule has 0 unspecified atom stereocenters. The molecule has 1 saturated heterocycles. The average molecular weight is 568 g/mol. The van der Waals surface area contributed by atoms with Crippen LogP contribution < -0.4 is 15.1 Å². The fraction of sp³-hybridized carbons (Fsp3) is 0.259. The Morgan fingerprint density at radius 1 is 0.941 bits per heavy atom. The van der Waals surface area contributed by atoms with Gasteiger partial charge >= 0.3 is 0 Å². The van der Waals surface area contributed by atoms with Crippen molar-refractivity contribution >= 4 is 39.9 Å². The Balaban J connectivity index is 1.29. The lowest BCUT2D eigenvalue weighted by Crippen LogP contribution is -2.46. The van der Waals surface area contributed by atoms with Gasteiger partial charge in [-0.05, 0) is 77.0 Å². The van der Waals surface area contributed by atoms with Gasteiger partial charge < -0.3 is 9.64 Å². The maximum absolute atomic E-state index is 12.5. The third-order valence-corrected chi connectivity index (χ3v) is 6.73. The van der Waals surface area contributed by atoms with Crippen LogP contribution in [-0.4, -0.2) is 49.8 Å². The summed E-state index contributed by atoms with van der Waals surface area (Å²) in [6, 6.07) is 24.0. The summed E-state index contributed by atoms with van der Waals surface area (Å²) < 4.78 is 6.68. The zero-order valence-electron chi connectivity index (χ0n) is 19.5. The van der Waals surface area contributed by atoms with E-state index in [4.69, 9.17) is 4.74 Å². The van der Waals surface area contributed by atoms with Crippen LogP contribution in [0.5, 0.6) is 5.75 Å². The highest BCUT2D eigenvalue weighted by molar-refractivity contribution is 14.1. The molecule has 34 heavy (non-hydrogen) atoms. The van der Waals surface area contributed by atoms with Crippen molar-refractivity contribution in [2.24, 2.45) is 5.10 Å². The minimum Gasteiger partial charge on any atom is -0.495 e. The first-order chi connectivity index (χ1) is 16.5. The zero-order chi connectivity index (χ0) is 23.9. The molecule has 1 aliphatic rings. The zero-order valence-corrected chi connectivity index (χ0v) is 21.7. The summed E-state index contributed by atoms with van der Waals surface area (Å²) >= 11 is 2.27. The van der Waals surface area contributed by atoms with E-state index in [0.29, 0.717) is 5.56 Å². The van der Waals surface area contributed by atoms with E-state index in [9.17, 15) is 4.79 Å². The molecule has 0 saturated carbocycles. The van der Waals surface area contributed by atoms with Crippen LogP contribution in [0.15, 0.2) is 77.9 Å². The van der Waals surface area contributed by atoms with Crippen LogP contribution in [0.1, 0.15) is 28.4 Å². The van der Waals surface area contributed by atoms with Gasteiger partial charge in [0.05, 0.1) is 18.5 Å². The Labute approximate surface area is 214 Å². The molecule has 176 valence electrons. The van der Waals surface area contributed by atoms with E-state index in [2.05, 4.69) is 55.1 Å². The number of hydrogen-bond donors (Lipinski definition) is 1. The lowest BCUT2D eigenvalue weighted by atomic mass is 10.1. The summed E-state index contributed by atoms with van der Waals surface area (Å²) in [5, 5.41) is 4.25. The van der Waals surface area contributed by atoms with E-state index in [1.807, 2.05) is 67.6 Å². The van der Waals surface area contributed by atoms with E-state index in [-0.39, 0.29) is 5.91 Å². The highest BCUT2D eigenvalue weighted by Crippen LogP contribution is 2.28. The minimum absolute atomic E-state index is 0.207. The maximum atomic E-state index is 12.5. The molecular formula is C27H29IN4O2. The molecule has 6 nitrogen and oxygen atoms in total. The molecular weight excluding hydrogens is 539 g/mol. The van der Waals surface area contributed by atoms with Gasteiger partial charge in [0.15, 0.2) is 0 Å². The van der Waals surface area contributed by atoms with E-state index in [1.165, 1.54) is 5.56 Å². The summed E-state index contributed by atoms with van der Waals surface area (Å²) in [6.07, 6.45) is 0. The number of halogens is 1. The second-order valence-electron chi connectivity index (χ2n) is 8.28. The summed E-state index contributed by atoms with van der Waals surface area (Å²) in [4.78, 5) is 17.3. The smallest absolute Gasteiger partial charge is 0.271 e. The maximum Gasteiger partial charge on any atom is 0.271 e. The molecule has 0 aromatic heterocycles. The van der Waals surface area contributed by atoms with Crippen LogP contribution in [0.4, 0.5) is 5.69 Å². The van der Waals surface area contributed by atoms with Gasteiger partial charge in [-0.3, -0.25) is 9.69 Å². The summed E-state index contributed by atoms with van der Waals surface area (Å²) in [7, 11) is 1.72. The van der Waals surface area contributed by atoms with Gasteiger partial charge in [-0.1, -0.05) is 36.4 Å². The van der Waals surface area contributed by atoms with Gasteiger partial charge in [0.25, 0.3) is 5.91 Å². The predicted octanol–water partition coefficient (Wildman–Crippen LogP) is 4.78. The molecule has 0 radical (unpaired) electrons. The number of nitrogens with zero attached hydrogens (tertiary/aromatic N) is 3. The van der Waals surface area contributed by atoms with Crippen molar-refractivity contribution < 1.29 is 9.53 Å². The Morgan fingerprint density at radius 2 is 1.59 bits per heavy atom. The summed E-state index contributed by atoms with van der Waals surface area (Å²) in [5.74, 6) is 0.713. The molecule has 0 aliphatic carbocycles. The molecule has 1 fully saturated rings. The Bertz CT molecular complexity index is 1140. The van der Waals surface area contributed by atoms with Gasteiger partial charge in [-0.25, -0.2) is 5.43 Å². The van der Waals surface area contributed by atoms with Crippen molar-refractivity contribution in [1.29, 1.82) is 0 Å². The third kappa shape index (κ3) is 6.15. The van der Waals surface area contributed by atoms with E-state index in [0.717, 1.165) is 59.0 Å². The number of carbonyl (C=O) groups is 1. The normalized spacial score (nSPS) is 14.7. The van der Waals surface area contributed by atoms with Crippen molar-refractivity contribution in [1.82, 2.24) is 10.3 Å². The molecule has 0 bridgehead atoms. The topological polar surface area (TPSA) is 57.2 Å². The van der Waals surface area contributed by atoms with Gasteiger partial charge in [0.1, 0.15) is 5.75 Å². The SMILES string of the molecule is COc1ccccc1N1CCN(Cc2ccc(C(=O)N/N=C(/C)c3ccc(I)cc3)cc2)CC1. The number of piperazine rings is 1. The lowest BCUT2D eigenvalue weighted by Gasteiger charge is -2.36. The van der Waals surface area contributed by atoms with E-state index < -0.39 is 0 Å². The number of hydrazone groups is 1. The number of hydrogen-bond acceptors (Lipinski definition) is 5. The summed E-state index contributed by atoms with van der Waals surface area (Å²) in [6.45, 7) is 6.63. The first-order valence-electron chi connectivity index (χ1n) is 11.3. The number of ether oxygens (including phenoxy) is 1. The van der Waals surface area contributed by atoms with E-state index >= 15 is 0 Å². The Hall–Kier alpha value is -2.91. The molecule has 4 rings (SSSR count). The molecule has 1 heterocycles. The predicted molar refractivity (Wildman–Crippen MR) is 146 cm³/mol. The fourth-order valence-corrected chi connectivity index (χ4v) is 4.37. The fourth-order valence-electron chi connectivity index (χ4n) is 4.01. The largest absolute Gasteiger partial charge is 0.495 e. The van der Waals surface area contributed by atoms with Crippen molar-refractivity contribution in [3.8, 4) is 5.75 Å². The second kappa shape index (κ2) is 11.5. The molecule has 7 heteroatoms. The lowest BCUT2D eigenvalue weighted by molar-refractivity contribution is 0.0955. The van der Waals surface area contributed by atoms with Crippen LogP contribution in [0.3, 0.4) is 0 Å². The first-order valence-corrected chi connectivity index (χ1v) is 12.4. The van der Waals surface area contributed by atoms with Gasteiger partial charge in [-0.15, -0.1) is 0 Å². The summed E-state index contributed by atoms with van der Waals surface area (Å²) in [5.41, 5.74) is 7.37. The molecule has 0 spiro atoms. The first kappa shape index (κ1) is 24.2. The highest BCUT2D eigenvalue weighted by Gasteiger charge is 2.19. The minimum atomic E-state index is -0.207. The van der Waals surface area contributed by atoms with Crippen molar-refractivity contribution in [3.63, 3.8) is 0 Å². The van der Waals surface area contributed by atoms with E-state index in [1.54, 1.807) is 7.11 Å². The van der Waals surface area contributed by atoms with Gasteiger partial charge in [-0.2, -0.15) is 5.10 Å². The molecule has 0 atom stereocenters. The van der Waals surface area contributed by atoms with Crippen molar-refractivity contribution in [2.75, 3.05) is 38.2 Å². The van der Waals surface area contributed by atoms with Crippen molar-refractivity contribution in [2.45, 2.75) is 13.5 Å². The van der Waals surface area contributed by atoms with Gasteiger partial charge in [0.2, 0.25) is 0 Å². The quantitative estimate of drug-likeness (QED) is 0.254. The Morgan fingerprint density at radius 3 is 2.26 bits per heavy atom. The Kier molecular flexibility index (Phi) is 8.18. The van der Waals surface area contributed by atoms with Crippen LogP contribution in [0.2, 0.25) is 0 Å². The van der Waals surface area contributed by atoms with Crippen LogP contribution in [0, 0.1) is 3.57 Å². The second-order valence-corrected chi connectivity index (χ2v) is 9.52.